The van der Waals surface area contributed by atoms with Crippen LogP contribution in [-0.2, 0) is 6.54 Å². The van der Waals surface area contributed by atoms with Gasteiger partial charge in [-0.3, -0.25) is 0 Å². The molecule has 1 heterocycles. The van der Waals surface area contributed by atoms with Gasteiger partial charge in [-0.05, 0) is 25.1 Å². The van der Waals surface area contributed by atoms with E-state index in [1.807, 2.05) is 16.7 Å². The average Bonchev–Trinajstić information content (AvgIpc) is 2.83. The number of fused-ring (bicyclic) bond motifs is 1. The lowest BCUT2D eigenvalue weighted by atomic mass is 10.2. The van der Waals surface area contributed by atoms with Crippen molar-refractivity contribution in [2.24, 2.45) is 5.73 Å². The summed E-state index contributed by atoms with van der Waals surface area (Å²) in [5, 5.41) is 0. The monoisotopic (exact) mass is 302 g/mol. The highest BCUT2D eigenvalue weighted by Gasteiger charge is 2.15. The molecule has 0 unspecified atom stereocenters. The van der Waals surface area contributed by atoms with Gasteiger partial charge in [0.25, 0.3) is 0 Å². The van der Waals surface area contributed by atoms with Crippen LogP contribution >= 0.6 is 0 Å². The molecular formula is C16H16F2N4. The molecule has 0 saturated heterocycles. The van der Waals surface area contributed by atoms with Crippen LogP contribution < -0.4 is 11.5 Å². The van der Waals surface area contributed by atoms with Crippen LogP contribution in [0.2, 0.25) is 0 Å². The van der Waals surface area contributed by atoms with Crippen LogP contribution in [0.25, 0.3) is 22.4 Å². The number of hydrogen-bond acceptors (Lipinski definition) is 3. The Morgan fingerprint density at radius 3 is 2.59 bits per heavy atom. The fourth-order valence-electron chi connectivity index (χ4n) is 2.49. The number of benzene rings is 2. The van der Waals surface area contributed by atoms with Gasteiger partial charge in [0, 0.05) is 29.9 Å². The highest BCUT2D eigenvalue weighted by molar-refractivity contribution is 5.81. The fourth-order valence-corrected chi connectivity index (χ4v) is 2.49. The van der Waals surface area contributed by atoms with E-state index in [0.717, 1.165) is 11.6 Å². The quantitative estimate of drug-likeness (QED) is 0.728. The molecule has 22 heavy (non-hydrogen) atoms. The van der Waals surface area contributed by atoms with E-state index in [0.29, 0.717) is 42.1 Å². The number of anilines is 1. The number of nitrogens with two attached hydrogens (primary N) is 2. The van der Waals surface area contributed by atoms with Crippen LogP contribution in [0.15, 0.2) is 36.4 Å². The second kappa shape index (κ2) is 5.73. The van der Waals surface area contributed by atoms with Crippen molar-refractivity contribution >= 4 is 16.7 Å². The van der Waals surface area contributed by atoms with Gasteiger partial charge in [0.1, 0.15) is 5.82 Å². The third-order valence-corrected chi connectivity index (χ3v) is 3.52. The number of aryl methyl sites for hydroxylation is 1. The number of rotatable bonds is 4. The molecule has 0 bridgehead atoms. The van der Waals surface area contributed by atoms with Crippen LogP contribution in [0.3, 0.4) is 0 Å². The van der Waals surface area contributed by atoms with Crippen molar-refractivity contribution in [1.82, 2.24) is 9.55 Å². The van der Waals surface area contributed by atoms with Crippen molar-refractivity contribution in [3.8, 4) is 11.4 Å². The third kappa shape index (κ3) is 2.53. The Labute approximate surface area is 126 Å². The summed E-state index contributed by atoms with van der Waals surface area (Å²) in [6.07, 6.45) is 0.708. The minimum Gasteiger partial charge on any atom is -0.399 e. The largest absolute Gasteiger partial charge is 0.399 e. The first-order valence-electron chi connectivity index (χ1n) is 7.01. The van der Waals surface area contributed by atoms with Crippen LogP contribution in [0.5, 0.6) is 0 Å². The van der Waals surface area contributed by atoms with Gasteiger partial charge in [-0.25, -0.2) is 13.8 Å². The minimum atomic E-state index is -0.907. The van der Waals surface area contributed by atoms with Crippen molar-refractivity contribution < 1.29 is 8.78 Å². The zero-order valence-electron chi connectivity index (χ0n) is 11.9. The summed E-state index contributed by atoms with van der Waals surface area (Å²) < 4.78 is 28.9. The first-order chi connectivity index (χ1) is 10.6. The molecule has 0 fully saturated rings. The lowest BCUT2D eigenvalue weighted by Crippen LogP contribution is -2.07. The molecule has 4 N–H and O–H groups in total. The Morgan fingerprint density at radius 1 is 1.09 bits per heavy atom. The molecule has 6 heteroatoms. The van der Waals surface area contributed by atoms with Gasteiger partial charge in [0.05, 0.1) is 11.0 Å². The molecule has 0 saturated carbocycles. The van der Waals surface area contributed by atoms with Crippen molar-refractivity contribution in [1.29, 1.82) is 0 Å². The van der Waals surface area contributed by atoms with Gasteiger partial charge >= 0.3 is 0 Å². The van der Waals surface area contributed by atoms with Gasteiger partial charge in [0.15, 0.2) is 11.6 Å². The minimum absolute atomic E-state index is 0.411. The highest BCUT2D eigenvalue weighted by atomic mass is 19.2. The van der Waals surface area contributed by atoms with E-state index in [9.17, 15) is 8.78 Å². The highest BCUT2D eigenvalue weighted by Crippen LogP contribution is 2.27. The lowest BCUT2D eigenvalue weighted by molar-refractivity contribution is 0.510. The molecule has 0 aliphatic rings. The summed E-state index contributed by atoms with van der Waals surface area (Å²) in [7, 11) is 0. The van der Waals surface area contributed by atoms with E-state index in [-0.39, 0.29) is 0 Å². The summed E-state index contributed by atoms with van der Waals surface area (Å²) in [6, 6.07) is 9.52. The Morgan fingerprint density at radius 2 is 1.86 bits per heavy atom. The van der Waals surface area contributed by atoms with Gasteiger partial charge in [-0.15, -0.1) is 0 Å². The third-order valence-electron chi connectivity index (χ3n) is 3.52. The molecule has 3 rings (SSSR count). The molecule has 0 atom stereocenters. The van der Waals surface area contributed by atoms with E-state index >= 15 is 0 Å². The van der Waals surface area contributed by atoms with Crippen LogP contribution in [0.4, 0.5) is 14.5 Å². The molecule has 0 aliphatic heterocycles. The second-order valence-electron chi connectivity index (χ2n) is 5.11. The molecule has 0 aliphatic carbocycles. The maximum Gasteiger partial charge on any atom is 0.161 e. The van der Waals surface area contributed by atoms with Gasteiger partial charge < -0.3 is 16.0 Å². The number of nitrogens with zero attached hydrogens (tertiary/aromatic N) is 2. The van der Waals surface area contributed by atoms with E-state index in [1.54, 1.807) is 12.1 Å². The van der Waals surface area contributed by atoms with E-state index in [2.05, 4.69) is 4.98 Å². The molecular weight excluding hydrogens is 286 g/mol. The summed E-state index contributed by atoms with van der Waals surface area (Å²) in [4.78, 5) is 4.44. The number of halogens is 2. The standard InChI is InChI=1S/C16H16F2N4/c17-12-8-14-15(9-13(12)18)22(6-2-5-19)16(21-14)10-3-1-4-11(20)7-10/h1,3-4,7-9H,2,5-6,19-20H2. The zero-order chi connectivity index (χ0) is 15.7. The Bertz CT molecular complexity index is 826. The fraction of sp³-hybridized carbons (Fsp3) is 0.188. The van der Waals surface area contributed by atoms with E-state index in [4.69, 9.17) is 11.5 Å². The number of hydrogen-bond donors (Lipinski definition) is 2. The predicted octanol–water partition coefficient (Wildman–Crippen LogP) is 2.91. The summed E-state index contributed by atoms with van der Waals surface area (Å²) in [5.41, 5.74) is 13.7. The molecule has 2 aromatic carbocycles. The van der Waals surface area contributed by atoms with E-state index in [1.165, 1.54) is 6.07 Å². The Hall–Kier alpha value is -2.47. The summed E-state index contributed by atoms with van der Waals surface area (Å²) >= 11 is 0. The van der Waals surface area contributed by atoms with Crippen molar-refractivity contribution in [2.75, 3.05) is 12.3 Å². The van der Waals surface area contributed by atoms with Gasteiger partial charge in [0.2, 0.25) is 0 Å². The maximum atomic E-state index is 13.6. The van der Waals surface area contributed by atoms with Crippen molar-refractivity contribution in [2.45, 2.75) is 13.0 Å². The SMILES string of the molecule is NCCCn1c(-c2cccc(N)c2)nc2cc(F)c(F)cc21. The summed E-state index contributed by atoms with van der Waals surface area (Å²) in [5.74, 6) is -1.17. The lowest BCUT2D eigenvalue weighted by Gasteiger charge is -2.09. The van der Waals surface area contributed by atoms with Crippen LogP contribution in [0.1, 0.15) is 6.42 Å². The number of nitrogen functional groups attached to an aromatic ring is 1. The topological polar surface area (TPSA) is 69.9 Å². The van der Waals surface area contributed by atoms with E-state index < -0.39 is 11.6 Å². The van der Waals surface area contributed by atoms with Crippen molar-refractivity contribution in [3.63, 3.8) is 0 Å². The molecule has 1 aromatic heterocycles. The second-order valence-corrected chi connectivity index (χ2v) is 5.11. The average molecular weight is 302 g/mol. The predicted molar refractivity (Wildman–Crippen MR) is 83.2 cm³/mol. The van der Waals surface area contributed by atoms with Gasteiger partial charge in [-0.2, -0.15) is 0 Å². The maximum absolute atomic E-state index is 13.6. The van der Waals surface area contributed by atoms with Crippen LogP contribution in [0, 0.1) is 11.6 Å². The van der Waals surface area contributed by atoms with Gasteiger partial charge in [-0.1, -0.05) is 12.1 Å². The van der Waals surface area contributed by atoms with Crippen molar-refractivity contribution in [3.05, 3.63) is 48.0 Å². The number of imidazole rings is 1. The first-order valence-corrected chi connectivity index (χ1v) is 7.01. The smallest absolute Gasteiger partial charge is 0.161 e. The molecule has 0 radical (unpaired) electrons. The zero-order valence-corrected chi connectivity index (χ0v) is 11.9. The normalized spacial score (nSPS) is 11.2. The first kappa shape index (κ1) is 14.5. The van der Waals surface area contributed by atoms with Crippen LogP contribution in [-0.4, -0.2) is 16.1 Å². The Kier molecular flexibility index (Phi) is 3.77. The molecule has 0 spiro atoms. The Balaban J connectivity index is 2.23. The summed E-state index contributed by atoms with van der Waals surface area (Å²) in [6.45, 7) is 1.07. The molecule has 4 nitrogen and oxygen atoms in total. The molecule has 3 aromatic rings. The number of aromatic nitrogens is 2. The molecule has 114 valence electrons. The molecule has 0 amide bonds.